The molecule has 0 aliphatic carbocycles. The lowest BCUT2D eigenvalue weighted by Gasteiger charge is -2.40. The van der Waals surface area contributed by atoms with Gasteiger partial charge in [-0.15, -0.1) is 0 Å². The Morgan fingerprint density at radius 1 is 1.50 bits per heavy atom. The minimum absolute atomic E-state index is 0.174. The van der Waals surface area contributed by atoms with E-state index in [1.807, 2.05) is 4.90 Å². The van der Waals surface area contributed by atoms with Crippen LogP contribution >= 0.6 is 0 Å². The number of piperazine rings is 1. The second-order valence-electron chi connectivity index (χ2n) is 4.30. The van der Waals surface area contributed by atoms with Crippen molar-refractivity contribution in [3.8, 4) is 0 Å². The predicted octanol–water partition coefficient (Wildman–Crippen LogP) is 0.486. The Balaban J connectivity index is 2.43. The van der Waals surface area contributed by atoms with Gasteiger partial charge in [0.25, 0.3) is 0 Å². The zero-order valence-electron chi connectivity index (χ0n) is 9.23. The summed E-state index contributed by atoms with van der Waals surface area (Å²) in [5, 5.41) is 8.70. The molecule has 0 saturated carbocycles. The van der Waals surface area contributed by atoms with Gasteiger partial charge >= 0.3 is 5.97 Å². The molecule has 82 valence electrons. The Morgan fingerprint density at radius 3 is 2.57 bits per heavy atom. The molecule has 4 nitrogen and oxygen atoms in total. The molecule has 1 atom stereocenters. The number of carbonyl (C=O) groups is 1. The third-order valence-corrected chi connectivity index (χ3v) is 2.87. The highest BCUT2D eigenvalue weighted by molar-refractivity contribution is 5.69. The van der Waals surface area contributed by atoms with Crippen LogP contribution in [0.15, 0.2) is 0 Å². The maximum Gasteiger partial charge on any atom is 0.317 e. The van der Waals surface area contributed by atoms with Crippen LogP contribution in [-0.2, 0) is 4.79 Å². The average molecular weight is 200 g/mol. The SMILES string of the molecule is CC(C)N1CCN(CC(=O)O)[C@H](C)C1. The van der Waals surface area contributed by atoms with Crippen LogP contribution in [-0.4, -0.2) is 59.1 Å². The van der Waals surface area contributed by atoms with E-state index in [1.54, 1.807) is 0 Å². The molecular weight excluding hydrogens is 180 g/mol. The topological polar surface area (TPSA) is 43.8 Å². The minimum atomic E-state index is -0.727. The molecule has 0 radical (unpaired) electrons. The first-order valence-corrected chi connectivity index (χ1v) is 5.20. The predicted molar refractivity (Wildman–Crippen MR) is 55.4 cm³/mol. The molecule has 0 aromatic rings. The van der Waals surface area contributed by atoms with Gasteiger partial charge in [-0.05, 0) is 20.8 Å². The van der Waals surface area contributed by atoms with Gasteiger partial charge in [-0.1, -0.05) is 0 Å². The largest absolute Gasteiger partial charge is 0.480 e. The van der Waals surface area contributed by atoms with Gasteiger partial charge in [0, 0.05) is 31.7 Å². The number of hydrogen-bond acceptors (Lipinski definition) is 3. The average Bonchev–Trinajstić information content (AvgIpc) is 2.07. The number of carboxylic acid groups (broad SMARTS) is 1. The van der Waals surface area contributed by atoms with E-state index in [4.69, 9.17) is 5.11 Å². The summed E-state index contributed by atoms with van der Waals surface area (Å²) >= 11 is 0. The Labute approximate surface area is 85.5 Å². The second-order valence-corrected chi connectivity index (χ2v) is 4.30. The maximum absolute atomic E-state index is 10.6. The van der Waals surface area contributed by atoms with E-state index in [9.17, 15) is 4.79 Å². The van der Waals surface area contributed by atoms with Gasteiger partial charge in [-0.25, -0.2) is 0 Å². The molecule has 1 heterocycles. The quantitative estimate of drug-likeness (QED) is 0.720. The van der Waals surface area contributed by atoms with Crippen molar-refractivity contribution in [2.75, 3.05) is 26.2 Å². The van der Waals surface area contributed by atoms with E-state index in [2.05, 4.69) is 25.7 Å². The molecule has 4 heteroatoms. The van der Waals surface area contributed by atoms with Crippen molar-refractivity contribution in [2.24, 2.45) is 0 Å². The van der Waals surface area contributed by atoms with Crippen molar-refractivity contribution < 1.29 is 9.90 Å². The molecule has 0 amide bonds. The van der Waals surface area contributed by atoms with E-state index >= 15 is 0 Å². The summed E-state index contributed by atoms with van der Waals surface area (Å²) in [5.74, 6) is -0.727. The first-order chi connectivity index (χ1) is 6.50. The molecule has 0 bridgehead atoms. The first kappa shape index (κ1) is 11.5. The summed E-state index contributed by atoms with van der Waals surface area (Å²) in [6.45, 7) is 9.45. The van der Waals surface area contributed by atoms with Crippen molar-refractivity contribution in [2.45, 2.75) is 32.9 Å². The van der Waals surface area contributed by atoms with Crippen molar-refractivity contribution in [3.63, 3.8) is 0 Å². The number of aliphatic carboxylic acids is 1. The Kier molecular flexibility index (Phi) is 3.89. The summed E-state index contributed by atoms with van der Waals surface area (Å²) in [4.78, 5) is 15.0. The molecule has 1 N–H and O–H groups in total. The van der Waals surface area contributed by atoms with Crippen LogP contribution in [0, 0.1) is 0 Å². The van der Waals surface area contributed by atoms with Crippen LogP contribution in [0.25, 0.3) is 0 Å². The third-order valence-electron chi connectivity index (χ3n) is 2.87. The van der Waals surface area contributed by atoms with E-state index in [0.717, 1.165) is 19.6 Å². The van der Waals surface area contributed by atoms with Gasteiger partial charge in [-0.2, -0.15) is 0 Å². The molecule has 1 rings (SSSR count). The van der Waals surface area contributed by atoms with Crippen LogP contribution in [0.1, 0.15) is 20.8 Å². The summed E-state index contributed by atoms with van der Waals surface area (Å²) < 4.78 is 0. The zero-order chi connectivity index (χ0) is 10.7. The van der Waals surface area contributed by atoms with Crippen molar-refractivity contribution in [3.05, 3.63) is 0 Å². The smallest absolute Gasteiger partial charge is 0.317 e. The fourth-order valence-corrected chi connectivity index (χ4v) is 1.90. The van der Waals surface area contributed by atoms with Gasteiger partial charge in [0.05, 0.1) is 6.54 Å². The Hall–Kier alpha value is -0.610. The van der Waals surface area contributed by atoms with Crippen molar-refractivity contribution >= 4 is 5.97 Å². The maximum atomic E-state index is 10.6. The van der Waals surface area contributed by atoms with E-state index in [0.29, 0.717) is 12.1 Å². The monoisotopic (exact) mass is 200 g/mol. The van der Waals surface area contributed by atoms with E-state index in [-0.39, 0.29) is 6.54 Å². The van der Waals surface area contributed by atoms with Gasteiger partial charge in [0.1, 0.15) is 0 Å². The summed E-state index contributed by atoms with van der Waals surface area (Å²) in [7, 11) is 0. The molecule has 1 aliphatic rings. The first-order valence-electron chi connectivity index (χ1n) is 5.20. The number of carboxylic acids is 1. The lowest BCUT2D eigenvalue weighted by molar-refractivity contribution is -0.139. The van der Waals surface area contributed by atoms with Crippen LogP contribution in [0.5, 0.6) is 0 Å². The van der Waals surface area contributed by atoms with E-state index < -0.39 is 5.97 Å². The standard InChI is InChI=1S/C10H20N2O2/c1-8(2)11-4-5-12(7-10(13)14)9(3)6-11/h8-9H,4-7H2,1-3H3,(H,13,14)/t9-/m1/s1. The number of rotatable bonds is 3. The van der Waals surface area contributed by atoms with E-state index in [1.165, 1.54) is 0 Å². The van der Waals surface area contributed by atoms with Crippen LogP contribution < -0.4 is 0 Å². The van der Waals surface area contributed by atoms with Crippen LogP contribution in [0.4, 0.5) is 0 Å². The van der Waals surface area contributed by atoms with Gasteiger partial charge in [-0.3, -0.25) is 14.6 Å². The molecule has 1 aliphatic heterocycles. The summed E-state index contributed by atoms with van der Waals surface area (Å²) in [5.41, 5.74) is 0. The molecule has 1 saturated heterocycles. The highest BCUT2D eigenvalue weighted by Crippen LogP contribution is 2.11. The minimum Gasteiger partial charge on any atom is -0.480 e. The number of nitrogens with zero attached hydrogens (tertiary/aromatic N) is 2. The van der Waals surface area contributed by atoms with Crippen molar-refractivity contribution in [1.29, 1.82) is 0 Å². The highest BCUT2D eigenvalue weighted by atomic mass is 16.4. The van der Waals surface area contributed by atoms with Gasteiger partial charge in [0.2, 0.25) is 0 Å². The third kappa shape index (κ3) is 2.96. The zero-order valence-corrected chi connectivity index (χ0v) is 9.23. The molecule has 0 spiro atoms. The van der Waals surface area contributed by atoms with Crippen molar-refractivity contribution in [1.82, 2.24) is 9.80 Å². The second kappa shape index (κ2) is 4.75. The molecule has 14 heavy (non-hydrogen) atoms. The Bertz CT molecular complexity index is 206. The Morgan fingerprint density at radius 2 is 2.14 bits per heavy atom. The molecule has 1 fully saturated rings. The lowest BCUT2D eigenvalue weighted by atomic mass is 10.1. The highest BCUT2D eigenvalue weighted by Gasteiger charge is 2.25. The molecule has 0 aromatic heterocycles. The molecule has 0 unspecified atom stereocenters. The van der Waals surface area contributed by atoms with Gasteiger partial charge < -0.3 is 5.11 Å². The van der Waals surface area contributed by atoms with Crippen LogP contribution in [0.2, 0.25) is 0 Å². The lowest BCUT2D eigenvalue weighted by Crippen LogP contribution is -2.54. The van der Waals surface area contributed by atoms with Gasteiger partial charge in [0.15, 0.2) is 0 Å². The number of hydrogen-bond donors (Lipinski definition) is 1. The fraction of sp³-hybridized carbons (Fsp3) is 0.900. The molecular formula is C10H20N2O2. The normalized spacial score (nSPS) is 25.6. The fourth-order valence-electron chi connectivity index (χ4n) is 1.90. The molecule has 0 aromatic carbocycles. The van der Waals surface area contributed by atoms with Crippen LogP contribution in [0.3, 0.4) is 0 Å². The summed E-state index contributed by atoms with van der Waals surface area (Å²) in [6.07, 6.45) is 0. The summed E-state index contributed by atoms with van der Waals surface area (Å²) in [6, 6.07) is 0.909.